The SMILES string of the molecule is O=C(CCc1ccccc1)N[C@@H](CCCCNC(=O)OCc1ccccc1)C(=O)CCl. The second-order valence-electron chi connectivity index (χ2n) is 7.19. The van der Waals surface area contributed by atoms with Crippen LogP contribution in [0.2, 0.25) is 0 Å². The van der Waals surface area contributed by atoms with Gasteiger partial charge in [-0.25, -0.2) is 4.79 Å². The van der Waals surface area contributed by atoms with Crippen molar-refractivity contribution in [2.75, 3.05) is 12.4 Å². The molecule has 2 rings (SSSR count). The van der Waals surface area contributed by atoms with Crippen molar-refractivity contribution in [2.24, 2.45) is 0 Å². The molecule has 0 aromatic heterocycles. The maximum atomic E-state index is 12.2. The number of aryl methyl sites for hydroxylation is 1. The number of ketones is 1. The minimum Gasteiger partial charge on any atom is -0.445 e. The Bertz CT molecular complexity index is 815. The Morgan fingerprint density at radius 1 is 0.903 bits per heavy atom. The fraction of sp³-hybridized carbons (Fsp3) is 0.375. The number of alkyl halides is 1. The molecule has 0 aliphatic carbocycles. The van der Waals surface area contributed by atoms with Crippen LogP contribution < -0.4 is 10.6 Å². The van der Waals surface area contributed by atoms with E-state index in [0.717, 1.165) is 11.1 Å². The molecule has 0 bridgehead atoms. The molecule has 0 aliphatic rings. The third-order valence-corrected chi connectivity index (χ3v) is 5.00. The van der Waals surface area contributed by atoms with E-state index in [1.54, 1.807) is 0 Å². The largest absolute Gasteiger partial charge is 0.445 e. The molecule has 0 saturated heterocycles. The van der Waals surface area contributed by atoms with Crippen molar-refractivity contribution in [3.05, 3.63) is 71.8 Å². The van der Waals surface area contributed by atoms with E-state index in [1.807, 2.05) is 60.7 Å². The lowest BCUT2D eigenvalue weighted by Gasteiger charge is -2.17. The number of hydrogen-bond donors (Lipinski definition) is 2. The van der Waals surface area contributed by atoms with E-state index >= 15 is 0 Å². The minimum atomic E-state index is -0.606. The monoisotopic (exact) mass is 444 g/mol. The summed E-state index contributed by atoms with van der Waals surface area (Å²) in [6, 6.07) is 18.5. The average Bonchev–Trinajstić information content (AvgIpc) is 2.81. The zero-order chi connectivity index (χ0) is 22.3. The van der Waals surface area contributed by atoms with Gasteiger partial charge in [0.1, 0.15) is 6.61 Å². The van der Waals surface area contributed by atoms with E-state index in [-0.39, 0.29) is 24.2 Å². The van der Waals surface area contributed by atoms with E-state index in [4.69, 9.17) is 16.3 Å². The number of benzene rings is 2. The predicted molar refractivity (Wildman–Crippen MR) is 121 cm³/mol. The number of hydrogen-bond acceptors (Lipinski definition) is 4. The zero-order valence-corrected chi connectivity index (χ0v) is 18.3. The highest BCUT2D eigenvalue weighted by molar-refractivity contribution is 6.28. The Morgan fingerprint density at radius 2 is 1.55 bits per heavy atom. The van der Waals surface area contributed by atoms with Crippen LogP contribution in [-0.4, -0.2) is 36.3 Å². The van der Waals surface area contributed by atoms with E-state index in [0.29, 0.717) is 38.6 Å². The smallest absolute Gasteiger partial charge is 0.407 e. The van der Waals surface area contributed by atoms with Crippen LogP contribution >= 0.6 is 11.6 Å². The van der Waals surface area contributed by atoms with Gasteiger partial charge in [0, 0.05) is 13.0 Å². The van der Waals surface area contributed by atoms with Crippen molar-refractivity contribution < 1.29 is 19.1 Å². The number of amides is 2. The normalized spacial score (nSPS) is 11.4. The molecule has 2 amide bonds. The summed E-state index contributed by atoms with van der Waals surface area (Å²) < 4.78 is 5.15. The molecule has 0 radical (unpaired) electrons. The molecule has 0 aliphatic heterocycles. The van der Waals surface area contributed by atoms with E-state index < -0.39 is 12.1 Å². The van der Waals surface area contributed by atoms with Crippen LogP contribution in [0.3, 0.4) is 0 Å². The molecule has 7 heteroatoms. The molecule has 2 N–H and O–H groups in total. The molecule has 0 saturated carbocycles. The number of halogens is 1. The third kappa shape index (κ3) is 10.1. The highest BCUT2D eigenvalue weighted by Crippen LogP contribution is 2.07. The Labute approximate surface area is 188 Å². The molecule has 0 fully saturated rings. The van der Waals surface area contributed by atoms with Gasteiger partial charge in [-0.05, 0) is 36.8 Å². The van der Waals surface area contributed by atoms with Crippen LogP contribution in [0.1, 0.15) is 36.8 Å². The van der Waals surface area contributed by atoms with Gasteiger partial charge >= 0.3 is 6.09 Å². The van der Waals surface area contributed by atoms with Gasteiger partial charge in [-0.2, -0.15) is 0 Å². The van der Waals surface area contributed by atoms with Crippen LogP contribution in [-0.2, 0) is 27.4 Å². The number of alkyl carbamates (subject to hydrolysis) is 1. The minimum absolute atomic E-state index is 0.145. The lowest BCUT2D eigenvalue weighted by molar-refractivity contribution is -0.126. The van der Waals surface area contributed by atoms with Crippen molar-refractivity contribution in [1.29, 1.82) is 0 Å². The van der Waals surface area contributed by atoms with Gasteiger partial charge in [0.15, 0.2) is 5.78 Å². The number of rotatable bonds is 13. The molecular weight excluding hydrogens is 416 g/mol. The number of unbranched alkanes of at least 4 members (excludes halogenated alkanes) is 1. The Hall–Kier alpha value is -2.86. The van der Waals surface area contributed by atoms with Crippen molar-refractivity contribution >= 4 is 29.4 Å². The van der Waals surface area contributed by atoms with E-state index in [1.165, 1.54) is 0 Å². The maximum Gasteiger partial charge on any atom is 0.407 e. The van der Waals surface area contributed by atoms with Crippen molar-refractivity contribution in [1.82, 2.24) is 10.6 Å². The Morgan fingerprint density at radius 3 is 2.19 bits per heavy atom. The molecule has 1 atom stereocenters. The van der Waals surface area contributed by atoms with E-state index in [2.05, 4.69) is 10.6 Å². The molecule has 31 heavy (non-hydrogen) atoms. The number of carbonyl (C=O) groups is 3. The van der Waals surface area contributed by atoms with Gasteiger partial charge in [-0.15, -0.1) is 11.6 Å². The standard InChI is InChI=1S/C24H29ClN2O4/c25-17-22(28)21(27-23(29)15-14-19-9-3-1-4-10-19)13-7-8-16-26-24(30)31-18-20-11-5-2-6-12-20/h1-6,9-12,21H,7-8,13-18H2,(H,26,30)(H,27,29)/t21-/m0/s1. The number of Topliss-reactive ketones (excluding diaryl/α,β-unsaturated/α-hetero) is 1. The maximum absolute atomic E-state index is 12.2. The predicted octanol–water partition coefficient (Wildman–Crippen LogP) is 4.01. The lowest BCUT2D eigenvalue weighted by atomic mass is 10.0. The van der Waals surface area contributed by atoms with Crippen molar-refractivity contribution in [2.45, 2.75) is 44.8 Å². The molecule has 6 nitrogen and oxygen atoms in total. The van der Waals surface area contributed by atoms with Crippen LogP contribution in [0.4, 0.5) is 4.79 Å². The third-order valence-electron chi connectivity index (χ3n) is 4.74. The van der Waals surface area contributed by atoms with E-state index in [9.17, 15) is 14.4 Å². The highest BCUT2D eigenvalue weighted by Gasteiger charge is 2.19. The van der Waals surface area contributed by atoms with Gasteiger partial charge in [-0.3, -0.25) is 9.59 Å². The summed E-state index contributed by atoms with van der Waals surface area (Å²) in [6.45, 7) is 0.644. The first-order valence-corrected chi connectivity index (χ1v) is 11.0. The first-order valence-electron chi connectivity index (χ1n) is 10.4. The Balaban J connectivity index is 1.63. The van der Waals surface area contributed by atoms with Gasteiger partial charge in [0.2, 0.25) is 5.91 Å². The van der Waals surface area contributed by atoms with Gasteiger partial charge in [0.05, 0.1) is 11.9 Å². The first kappa shape index (κ1) is 24.4. The molecule has 166 valence electrons. The summed E-state index contributed by atoms with van der Waals surface area (Å²) in [5.74, 6) is -0.520. The number of nitrogens with one attached hydrogen (secondary N) is 2. The summed E-state index contributed by atoms with van der Waals surface area (Å²) in [5.41, 5.74) is 1.99. The van der Waals surface area contributed by atoms with Crippen molar-refractivity contribution in [3.63, 3.8) is 0 Å². The quantitative estimate of drug-likeness (QED) is 0.361. The fourth-order valence-corrected chi connectivity index (χ4v) is 3.20. The summed E-state index contributed by atoms with van der Waals surface area (Å²) in [5, 5.41) is 5.48. The van der Waals surface area contributed by atoms with Crippen LogP contribution in [0.25, 0.3) is 0 Å². The molecule has 0 unspecified atom stereocenters. The summed E-state index contributed by atoms with van der Waals surface area (Å²) in [7, 11) is 0. The summed E-state index contributed by atoms with van der Waals surface area (Å²) in [4.78, 5) is 36.1. The Kier molecular flexibility index (Phi) is 11.2. The molecule has 2 aromatic carbocycles. The van der Waals surface area contributed by atoms with Crippen LogP contribution in [0, 0.1) is 0 Å². The average molecular weight is 445 g/mol. The number of carbonyl (C=O) groups excluding carboxylic acids is 3. The fourth-order valence-electron chi connectivity index (χ4n) is 3.01. The molecule has 0 heterocycles. The molecule has 0 spiro atoms. The van der Waals surface area contributed by atoms with Crippen LogP contribution in [0.15, 0.2) is 60.7 Å². The first-order chi connectivity index (χ1) is 15.1. The number of ether oxygens (including phenoxy) is 1. The second-order valence-corrected chi connectivity index (χ2v) is 7.46. The highest BCUT2D eigenvalue weighted by atomic mass is 35.5. The summed E-state index contributed by atoms with van der Waals surface area (Å²) >= 11 is 5.70. The van der Waals surface area contributed by atoms with Gasteiger partial charge in [-0.1, -0.05) is 60.7 Å². The molecule has 2 aromatic rings. The van der Waals surface area contributed by atoms with Gasteiger partial charge in [0.25, 0.3) is 0 Å². The topological polar surface area (TPSA) is 84.5 Å². The second kappa shape index (κ2) is 14.2. The lowest BCUT2D eigenvalue weighted by Crippen LogP contribution is -2.41. The van der Waals surface area contributed by atoms with Crippen LogP contribution in [0.5, 0.6) is 0 Å². The molecular formula is C24H29ClN2O4. The van der Waals surface area contributed by atoms with Gasteiger partial charge < -0.3 is 15.4 Å². The zero-order valence-electron chi connectivity index (χ0n) is 17.5. The van der Waals surface area contributed by atoms with Crippen molar-refractivity contribution in [3.8, 4) is 0 Å². The summed E-state index contributed by atoms with van der Waals surface area (Å²) in [6.07, 6.45) is 2.24.